The summed E-state index contributed by atoms with van der Waals surface area (Å²) in [7, 11) is -3.49. The Kier molecular flexibility index (Phi) is 4.50. The molecule has 0 aliphatic carbocycles. The number of rotatable bonds is 3. The van der Waals surface area contributed by atoms with E-state index in [4.69, 9.17) is 0 Å². The Morgan fingerprint density at radius 1 is 0.960 bits per heavy atom. The molecule has 1 heterocycles. The van der Waals surface area contributed by atoms with Crippen molar-refractivity contribution in [1.29, 1.82) is 0 Å². The molecule has 132 valence electrons. The molecule has 0 saturated heterocycles. The summed E-state index contributed by atoms with van der Waals surface area (Å²) in [6.07, 6.45) is 1.77. The van der Waals surface area contributed by atoms with Gasteiger partial charge in [-0.2, -0.15) is 0 Å². The van der Waals surface area contributed by atoms with Crippen LogP contribution in [0.25, 0.3) is 0 Å². The number of sulfonamides is 1. The molecule has 0 saturated carbocycles. The van der Waals surface area contributed by atoms with E-state index in [0.717, 1.165) is 11.1 Å². The summed E-state index contributed by atoms with van der Waals surface area (Å²) in [5.41, 5.74) is 3.63. The third kappa shape index (κ3) is 3.49. The third-order valence-corrected chi connectivity index (χ3v) is 6.53. The van der Waals surface area contributed by atoms with Crippen LogP contribution in [0.5, 0.6) is 0 Å². The highest BCUT2D eigenvalue weighted by molar-refractivity contribution is 7.89. The monoisotopic (exact) mass is 355 g/mol. The average Bonchev–Trinajstić information content (AvgIpc) is 2.97. The van der Waals surface area contributed by atoms with Gasteiger partial charge in [-0.25, -0.2) is 8.42 Å². The second kappa shape index (κ2) is 6.34. The molecule has 1 atom stereocenters. The van der Waals surface area contributed by atoms with E-state index in [1.54, 1.807) is 30.5 Å². The number of benzene rings is 2. The van der Waals surface area contributed by atoms with Crippen molar-refractivity contribution in [2.45, 2.75) is 43.9 Å². The fourth-order valence-corrected chi connectivity index (χ4v) is 4.60. The molecule has 1 aliphatic rings. The van der Waals surface area contributed by atoms with Gasteiger partial charge in [0.1, 0.15) is 0 Å². The van der Waals surface area contributed by atoms with Gasteiger partial charge < -0.3 is 0 Å². The zero-order valence-electron chi connectivity index (χ0n) is 15.2. The van der Waals surface area contributed by atoms with Crippen LogP contribution in [0, 0.1) is 0 Å². The average molecular weight is 356 g/mol. The van der Waals surface area contributed by atoms with E-state index >= 15 is 0 Å². The Bertz CT molecular complexity index is 876. The molecule has 2 aromatic carbocycles. The summed E-state index contributed by atoms with van der Waals surface area (Å²) < 4.78 is 27.1. The van der Waals surface area contributed by atoms with E-state index in [-0.39, 0.29) is 11.3 Å². The van der Waals surface area contributed by atoms with Gasteiger partial charge >= 0.3 is 0 Å². The van der Waals surface area contributed by atoms with Crippen molar-refractivity contribution in [3.63, 3.8) is 0 Å². The fraction of sp³-hybridized carbons (Fsp3) is 0.333. The molecule has 3 rings (SSSR count). The van der Waals surface area contributed by atoms with Crippen LogP contribution in [-0.4, -0.2) is 19.3 Å². The van der Waals surface area contributed by atoms with Crippen LogP contribution in [0.2, 0.25) is 0 Å². The van der Waals surface area contributed by atoms with Crippen molar-refractivity contribution < 1.29 is 8.42 Å². The topological polar surface area (TPSA) is 37.4 Å². The summed E-state index contributed by atoms with van der Waals surface area (Å²) in [6.45, 7) is 9.03. The van der Waals surface area contributed by atoms with Gasteiger partial charge in [0.2, 0.25) is 0 Å². The Morgan fingerprint density at radius 3 is 2.12 bits per heavy atom. The van der Waals surface area contributed by atoms with Gasteiger partial charge in [0.25, 0.3) is 10.0 Å². The highest BCUT2D eigenvalue weighted by Gasteiger charge is 2.31. The first kappa shape index (κ1) is 17.7. The largest absolute Gasteiger partial charge is 0.272 e. The first-order valence-electron chi connectivity index (χ1n) is 8.55. The van der Waals surface area contributed by atoms with Crippen molar-refractivity contribution in [3.8, 4) is 0 Å². The molecule has 0 aromatic heterocycles. The van der Waals surface area contributed by atoms with E-state index < -0.39 is 10.0 Å². The quantitative estimate of drug-likeness (QED) is 0.802. The summed E-state index contributed by atoms with van der Waals surface area (Å²) in [5.74, 6) is 0.104. The second-order valence-corrected chi connectivity index (χ2v) is 9.58. The molecule has 0 bridgehead atoms. The summed E-state index contributed by atoms with van der Waals surface area (Å²) in [5, 5.41) is 0. The maximum atomic E-state index is 12.8. The van der Waals surface area contributed by atoms with Gasteiger partial charge in [0.05, 0.1) is 4.90 Å². The number of hydrogen-bond acceptors (Lipinski definition) is 2. The Balaban J connectivity index is 1.85. The maximum Gasteiger partial charge on any atom is 0.263 e. The van der Waals surface area contributed by atoms with Crippen LogP contribution in [0.15, 0.2) is 71.3 Å². The normalized spacial score (nSPS) is 18.3. The molecule has 0 N–H and O–H groups in total. The summed E-state index contributed by atoms with van der Waals surface area (Å²) in [6, 6.07) is 17.2. The predicted molar refractivity (Wildman–Crippen MR) is 102 cm³/mol. The minimum absolute atomic E-state index is 0.104. The first-order valence-corrected chi connectivity index (χ1v) is 9.99. The van der Waals surface area contributed by atoms with Crippen LogP contribution in [0.1, 0.15) is 44.7 Å². The lowest BCUT2D eigenvalue weighted by molar-refractivity contribution is 0.506. The number of hydrogen-bond donors (Lipinski definition) is 0. The molecule has 0 amide bonds. The zero-order valence-corrected chi connectivity index (χ0v) is 16.0. The highest BCUT2D eigenvalue weighted by Crippen LogP contribution is 2.35. The molecule has 3 nitrogen and oxygen atoms in total. The predicted octanol–water partition coefficient (Wildman–Crippen LogP) is 4.68. The van der Waals surface area contributed by atoms with Gasteiger partial charge in [-0.15, -0.1) is 0 Å². The van der Waals surface area contributed by atoms with Crippen molar-refractivity contribution in [2.75, 3.05) is 6.54 Å². The molecule has 4 heteroatoms. The molecule has 2 aromatic rings. The SMILES string of the molecule is CC1=CN(S(=O)(=O)c2ccccc2)CC1c1ccc(C(C)(C)C)cc1. The van der Waals surface area contributed by atoms with Crippen molar-refractivity contribution in [3.05, 3.63) is 77.5 Å². The third-order valence-electron chi connectivity index (χ3n) is 4.79. The van der Waals surface area contributed by atoms with Crippen molar-refractivity contribution in [2.24, 2.45) is 0 Å². The lowest BCUT2D eigenvalue weighted by atomic mass is 9.85. The van der Waals surface area contributed by atoms with Crippen molar-refractivity contribution in [1.82, 2.24) is 4.31 Å². The van der Waals surface area contributed by atoms with E-state index in [0.29, 0.717) is 11.4 Å². The van der Waals surface area contributed by atoms with E-state index in [9.17, 15) is 8.42 Å². The molecular weight excluding hydrogens is 330 g/mol. The molecule has 0 spiro atoms. The van der Waals surface area contributed by atoms with E-state index in [2.05, 4.69) is 45.0 Å². The Hall–Kier alpha value is -2.07. The highest BCUT2D eigenvalue weighted by atomic mass is 32.2. The van der Waals surface area contributed by atoms with Crippen LogP contribution in [0.4, 0.5) is 0 Å². The Morgan fingerprint density at radius 2 is 1.56 bits per heavy atom. The maximum absolute atomic E-state index is 12.8. The Labute approximate surface area is 151 Å². The second-order valence-electron chi connectivity index (χ2n) is 7.69. The van der Waals surface area contributed by atoms with Crippen LogP contribution in [0.3, 0.4) is 0 Å². The van der Waals surface area contributed by atoms with Gasteiger partial charge in [-0.1, -0.05) is 63.2 Å². The smallest absolute Gasteiger partial charge is 0.263 e. The fourth-order valence-electron chi connectivity index (χ4n) is 3.17. The minimum Gasteiger partial charge on any atom is -0.272 e. The molecule has 0 fully saturated rings. The molecule has 25 heavy (non-hydrogen) atoms. The van der Waals surface area contributed by atoms with Gasteiger partial charge in [-0.05, 0) is 41.2 Å². The van der Waals surface area contributed by atoms with Crippen LogP contribution in [-0.2, 0) is 15.4 Å². The van der Waals surface area contributed by atoms with Crippen molar-refractivity contribution >= 4 is 10.0 Å². The lowest BCUT2D eigenvalue weighted by Crippen LogP contribution is -2.26. The van der Waals surface area contributed by atoms with Gasteiger partial charge in [0.15, 0.2) is 0 Å². The van der Waals surface area contributed by atoms with Crippen LogP contribution >= 0.6 is 0 Å². The minimum atomic E-state index is -3.49. The van der Waals surface area contributed by atoms with Gasteiger partial charge in [-0.3, -0.25) is 4.31 Å². The summed E-state index contributed by atoms with van der Waals surface area (Å²) >= 11 is 0. The van der Waals surface area contributed by atoms with E-state index in [1.807, 2.05) is 13.0 Å². The molecule has 1 unspecified atom stereocenters. The molecular formula is C21H25NO2S. The van der Waals surface area contributed by atoms with E-state index in [1.165, 1.54) is 9.87 Å². The van der Waals surface area contributed by atoms with Gasteiger partial charge in [0, 0.05) is 18.7 Å². The molecule has 0 radical (unpaired) electrons. The lowest BCUT2D eigenvalue weighted by Gasteiger charge is -2.21. The standard InChI is InChI=1S/C21H25NO2S/c1-16-14-22(25(23,24)19-8-6-5-7-9-19)15-20(16)17-10-12-18(13-11-17)21(2,3)4/h5-14,20H,15H2,1-4H3. The first-order chi connectivity index (χ1) is 11.7. The molecule has 1 aliphatic heterocycles. The summed E-state index contributed by atoms with van der Waals surface area (Å²) in [4.78, 5) is 0.336. The zero-order chi connectivity index (χ0) is 18.2. The number of nitrogens with zero attached hydrogens (tertiary/aromatic N) is 1. The van der Waals surface area contributed by atoms with Crippen LogP contribution < -0.4 is 0 Å².